The van der Waals surface area contributed by atoms with E-state index >= 15 is 0 Å². The zero-order valence-electron chi connectivity index (χ0n) is 27.8. The summed E-state index contributed by atoms with van der Waals surface area (Å²) in [5.74, 6) is -2.75. The fraction of sp³-hybridized carbons (Fsp3) is 0.444. The number of carbonyl (C=O) groups is 4. The lowest BCUT2D eigenvalue weighted by atomic mass is 9.85. The van der Waals surface area contributed by atoms with E-state index in [-0.39, 0.29) is 26.0 Å². The summed E-state index contributed by atoms with van der Waals surface area (Å²) >= 11 is 1.26. The van der Waals surface area contributed by atoms with Gasteiger partial charge in [-0.1, -0.05) is 69.3 Å². The number of sulfonamides is 1. The molecule has 2 heterocycles. The highest BCUT2D eigenvalue weighted by molar-refractivity contribution is 7.91. The van der Waals surface area contributed by atoms with E-state index in [0.717, 1.165) is 16.3 Å². The molecule has 3 N–H and O–H groups in total. The van der Waals surface area contributed by atoms with Crippen LogP contribution in [0.5, 0.6) is 0 Å². The summed E-state index contributed by atoms with van der Waals surface area (Å²) < 4.78 is 33.7. The van der Waals surface area contributed by atoms with Crippen LogP contribution < -0.4 is 15.4 Å². The molecule has 2 saturated carbocycles. The molecule has 3 aliphatic rings. The van der Waals surface area contributed by atoms with Crippen LogP contribution in [0.2, 0.25) is 0 Å². The minimum absolute atomic E-state index is 0.0755. The fourth-order valence-corrected chi connectivity index (χ4v) is 8.39. The van der Waals surface area contributed by atoms with Crippen molar-refractivity contribution in [1.82, 2.24) is 20.3 Å². The number of nitrogens with zero attached hydrogens (tertiary/aromatic N) is 1. The normalized spacial score (nSPS) is 24.2. The Kier molecular flexibility index (Phi) is 9.46. The maximum Gasteiger partial charge on any atom is 0.262 e. The van der Waals surface area contributed by atoms with Crippen molar-refractivity contribution >= 4 is 55.8 Å². The lowest BCUT2D eigenvalue weighted by molar-refractivity contribution is -0.142. The van der Waals surface area contributed by atoms with E-state index in [1.807, 2.05) is 63.2 Å². The van der Waals surface area contributed by atoms with E-state index in [1.54, 1.807) is 17.5 Å². The van der Waals surface area contributed by atoms with Gasteiger partial charge in [0, 0.05) is 18.9 Å². The summed E-state index contributed by atoms with van der Waals surface area (Å²) in [6.45, 7) is 9.59. The molecule has 49 heavy (non-hydrogen) atoms. The number of benzene rings is 2. The Hall–Kier alpha value is -4.07. The zero-order valence-corrected chi connectivity index (χ0v) is 29.4. The monoisotopic (exact) mass is 706 g/mol. The van der Waals surface area contributed by atoms with Crippen molar-refractivity contribution in [2.24, 2.45) is 11.3 Å². The first-order chi connectivity index (χ1) is 23.2. The van der Waals surface area contributed by atoms with Crippen LogP contribution >= 0.6 is 11.3 Å². The standard InChI is InChI=1S/C36H42N4O7S2/c1-5-25-19-36(25,34(44)39-49(45,46)27-14-15-27)38-31(41)28-18-26(47-21-22-12-13-23-9-6-7-10-24(23)17-22)20-40(28)33(43)30(35(2,3)4)37-32(42)29-11-8-16-48-29/h5-13,16-17,25-28,30H,1,14-15,18-21H2,2-4H3,(H,37,42)(H,38,41)(H,39,44)/t25-,26-,28+,30-,36+/m1/s1. The molecule has 11 nitrogen and oxygen atoms in total. The predicted octanol–water partition coefficient (Wildman–Crippen LogP) is 3.90. The van der Waals surface area contributed by atoms with Gasteiger partial charge in [0.15, 0.2) is 0 Å². The van der Waals surface area contributed by atoms with Gasteiger partial charge in [-0.25, -0.2) is 8.42 Å². The van der Waals surface area contributed by atoms with Gasteiger partial charge in [-0.2, -0.15) is 0 Å². The first-order valence-electron chi connectivity index (χ1n) is 16.5. The van der Waals surface area contributed by atoms with Crippen molar-refractivity contribution in [3.63, 3.8) is 0 Å². The highest BCUT2D eigenvalue weighted by atomic mass is 32.2. The van der Waals surface area contributed by atoms with Gasteiger partial charge in [-0.3, -0.25) is 23.9 Å². The molecule has 2 aliphatic carbocycles. The van der Waals surface area contributed by atoms with Crippen LogP contribution in [0.1, 0.15) is 61.7 Å². The van der Waals surface area contributed by atoms with Crippen molar-refractivity contribution in [3.05, 3.63) is 83.1 Å². The number of hydrogen-bond donors (Lipinski definition) is 3. The minimum Gasteiger partial charge on any atom is -0.372 e. The fourth-order valence-electron chi connectivity index (χ4n) is 6.40. The molecule has 1 aromatic heterocycles. The quantitative estimate of drug-likeness (QED) is 0.242. The summed E-state index contributed by atoms with van der Waals surface area (Å²) in [5, 5.41) is 9.01. The lowest BCUT2D eigenvalue weighted by Gasteiger charge is -2.35. The molecular weight excluding hydrogens is 665 g/mol. The number of rotatable bonds is 12. The summed E-state index contributed by atoms with van der Waals surface area (Å²) in [4.78, 5) is 56.9. The van der Waals surface area contributed by atoms with Crippen LogP contribution in [-0.2, 0) is 35.8 Å². The summed E-state index contributed by atoms with van der Waals surface area (Å²) in [6, 6.07) is 15.4. The summed E-state index contributed by atoms with van der Waals surface area (Å²) in [6.07, 6.45) is 2.26. The van der Waals surface area contributed by atoms with Crippen molar-refractivity contribution in [2.75, 3.05) is 6.54 Å². The first-order valence-corrected chi connectivity index (χ1v) is 18.9. The number of hydrogen-bond acceptors (Lipinski definition) is 8. The van der Waals surface area contributed by atoms with E-state index in [4.69, 9.17) is 4.74 Å². The number of fused-ring (bicyclic) bond motifs is 1. The summed E-state index contributed by atoms with van der Waals surface area (Å²) in [5.41, 5.74) is -1.30. The minimum atomic E-state index is -3.86. The molecule has 4 amide bonds. The van der Waals surface area contributed by atoms with Crippen LogP contribution in [0.3, 0.4) is 0 Å². The van der Waals surface area contributed by atoms with Gasteiger partial charge in [0.05, 0.1) is 22.8 Å². The third kappa shape index (κ3) is 7.43. The molecule has 1 aliphatic heterocycles. The third-order valence-corrected chi connectivity index (χ3v) is 12.2. The largest absolute Gasteiger partial charge is 0.372 e. The summed E-state index contributed by atoms with van der Waals surface area (Å²) in [7, 11) is -3.86. The number of nitrogens with one attached hydrogen (secondary N) is 3. The molecule has 0 spiro atoms. The van der Waals surface area contributed by atoms with Gasteiger partial charge in [0.1, 0.15) is 17.6 Å². The van der Waals surface area contributed by atoms with Crippen molar-refractivity contribution in [2.45, 2.75) is 82.0 Å². The zero-order chi connectivity index (χ0) is 35.1. The average Bonchev–Trinajstić information content (AvgIpc) is 3.93. The molecule has 3 fully saturated rings. The highest BCUT2D eigenvalue weighted by Crippen LogP contribution is 2.45. The van der Waals surface area contributed by atoms with Crippen molar-refractivity contribution < 1.29 is 32.3 Å². The second-order valence-corrected chi connectivity index (χ2v) is 17.2. The van der Waals surface area contributed by atoms with Gasteiger partial charge in [0.2, 0.25) is 21.8 Å². The van der Waals surface area contributed by atoms with Gasteiger partial charge in [0.25, 0.3) is 11.8 Å². The number of thiophene rings is 1. The molecule has 0 bridgehead atoms. The van der Waals surface area contributed by atoms with Crippen molar-refractivity contribution in [1.29, 1.82) is 0 Å². The lowest BCUT2D eigenvalue weighted by Crippen LogP contribution is -2.60. The van der Waals surface area contributed by atoms with Crippen LogP contribution in [0.4, 0.5) is 0 Å². The molecule has 0 unspecified atom stereocenters. The molecular formula is C36H42N4O7S2. The second kappa shape index (κ2) is 13.3. The van der Waals surface area contributed by atoms with E-state index in [1.165, 1.54) is 22.3 Å². The maximum atomic E-state index is 14.4. The predicted molar refractivity (Wildman–Crippen MR) is 187 cm³/mol. The second-order valence-electron chi connectivity index (χ2n) is 14.3. The Balaban J connectivity index is 1.24. The molecule has 3 aromatic rings. The molecule has 5 atom stereocenters. The molecule has 13 heteroatoms. The molecule has 260 valence electrons. The van der Waals surface area contributed by atoms with Crippen LogP contribution in [0.15, 0.2) is 72.6 Å². The molecule has 6 rings (SSSR count). The van der Waals surface area contributed by atoms with E-state index < -0.39 is 74.0 Å². The van der Waals surface area contributed by atoms with Crippen molar-refractivity contribution in [3.8, 4) is 0 Å². The van der Waals surface area contributed by atoms with Gasteiger partial charge < -0.3 is 20.3 Å². The topological polar surface area (TPSA) is 151 Å². The Morgan fingerprint density at radius 3 is 2.45 bits per heavy atom. The number of carbonyl (C=O) groups excluding carboxylic acids is 4. The smallest absolute Gasteiger partial charge is 0.262 e. The molecule has 1 saturated heterocycles. The number of likely N-dealkylation sites (tertiary alicyclic amines) is 1. The highest BCUT2D eigenvalue weighted by Gasteiger charge is 2.62. The molecule has 2 aromatic carbocycles. The van der Waals surface area contributed by atoms with Gasteiger partial charge >= 0.3 is 0 Å². The van der Waals surface area contributed by atoms with Gasteiger partial charge in [-0.15, -0.1) is 17.9 Å². The number of ether oxygens (including phenoxy) is 1. The SMILES string of the molecule is C=C[C@@H]1C[C@@]1(NC(=O)[C@@H]1C[C@@H](OCc2ccc3ccccc3c2)CN1C(=O)[C@@H](NC(=O)c1cccs1)C(C)(C)C)C(=O)NS(=O)(=O)C1CC1. The van der Waals surface area contributed by atoms with E-state index in [9.17, 15) is 27.6 Å². The van der Waals surface area contributed by atoms with E-state index in [0.29, 0.717) is 17.7 Å². The maximum absolute atomic E-state index is 14.4. The van der Waals surface area contributed by atoms with E-state index in [2.05, 4.69) is 21.9 Å². The van der Waals surface area contributed by atoms with Crippen LogP contribution in [0, 0.1) is 11.3 Å². The Labute approximate surface area is 290 Å². The van der Waals surface area contributed by atoms with Crippen LogP contribution in [0.25, 0.3) is 10.8 Å². The Bertz CT molecular complexity index is 1880. The Morgan fingerprint density at radius 2 is 1.82 bits per heavy atom. The molecule has 0 radical (unpaired) electrons. The third-order valence-electron chi connectivity index (χ3n) is 9.53. The average molecular weight is 707 g/mol. The van der Waals surface area contributed by atoms with Crippen LogP contribution in [-0.4, -0.2) is 72.5 Å². The Morgan fingerprint density at radius 1 is 1.08 bits per heavy atom. The van der Waals surface area contributed by atoms with Gasteiger partial charge in [-0.05, 0) is 58.5 Å². The first kappa shape index (κ1) is 34.8. The number of amides is 4.